The normalized spacial score (nSPS) is 17.5. The van der Waals surface area contributed by atoms with E-state index in [-0.39, 0.29) is 24.4 Å². The third kappa shape index (κ3) is 3.15. The molecule has 7 heteroatoms. The van der Waals surface area contributed by atoms with Gasteiger partial charge in [-0.1, -0.05) is 34.8 Å². The van der Waals surface area contributed by atoms with Crippen LogP contribution in [0.1, 0.15) is 12.8 Å². The average Bonchev–Trinajstić information content (AvgIpc) is 3.11. The minimum absolute atomic E-state index is 0. The fraction of sp³-hybridized carbons (Fsp3) is 0.308. The topological polar surface area (TPSA) is 66.9 Å². The van der Waals surface area contributed by atoms with E-state index in [4.69, 9.17) is 0 Å². The molecule has 1 aromatic heterocycles. The van der Waals surface area contributed by atoms with Gasteiger partial charge in [0, 0.05) is 17.1 Å². The Morgan fingerprint density at radius 3 is 2.85 bits per heavy atom. The highest BCUT2D eigenvalue weighted by molar-refractivity contribution is 7.10. The SMILES string of the molecule is Cl.O=C(Nc1snnc1-c1ccccc1)[C@@H]1CCCN1. The average molecular weight is 311 g/mol. The molecule has 1 atom stereocenters. The number of rotatable bonds is 3. The van der Waals surface area contributed by atoms with Gasteiger partial charge in [-0.05, 0) is 19.4 Å². The smallest absolute Gasteiger partial charge is 0.242 e. The molecule has 3 rings (SSSR count). The number of carbonyl (C=O) groups is 1. The number of anilines is 1. The number of benzene rings is 1. The highest BCUT2D eigenvalue weighted by atomic mass is 35.5. The summed E-state index contributed by atoms with van der Waals surface area (Å²) in [5, 5.41) is 10.9. The van der Waals surface area contributed by atoms with E-state index >= 15 is 0 Å². The van der Waals surface area contributed by atoms with Crippen LogP contribution in [0.2, 0.25) is 0 Å². The summed E-state index contributed by atoms with van der Waals surface area (Å²) in [6, 6.07) is 9.66. The maximum Gasteiger partial charge on any atom is 0.242 e. The number of halogens is 1. The van der Waals surface area contributed by atoms with Crippen molar-refractivity contribution in [1.82, 2.24) is 14.9 Å². The van der Waals surface area contributed by atoms with Gasteiger partial charge in [-0.2, -0.15) is 0 Å². The third-order valence-corrected chi connectivity index (χ3v) is 3.79. The van der Waals surface area contributed by atoms with Crippen LogP contribution < -0.4 is 10.6 Å². The van der Waals surface area contributed by atoms with E-state index in [0.29, 0.717) is 5.00 Å². The fourth-order valence-electron chi connectivity index (χ4n) is 2.16. The van der Waals surface area contributed by atoms with E-state index in [1.807, 2.05) is 30.3 Å². The molecule has 2 N–H and O–H groups in total. The van der Waals surface area contributed by atoms with Crippen molar-refractivity contribution in [3.63, 3.8) is 0 Å². The summed E-state index contributed by atoms with van der Waals surface area (Å²) >= 11 is 1.21. The van der Waals surface area contributed by atoms with Crippen molar-refractivity contribution >= 4 is 34.8 Å². The van der Waals surface area contributed by atoms with Crippen molar-refractivity contribution < 1.29 is 4.79 Å². The van der Waals surface area contributed by atoms with Crippen LogP contribution in [0.3, 0.4) is 0 Å². The Balaban J connectivity index is 0.00000147. The molecule has 0 aliphatic carbocycles. The van der Waals surface area contributed by atoms with Crippen LogP contribution in [-0.2, 0) is 4.79 Å². The first-order chi connectivity index (χ1) is 9.34. The maximum atomic E-state index is 12.1. The number of hydrogen-bond donors (Lipinski definition) is 2. The Kier molecular flexibility index (Phi) is 5.05. The van der Waals surface area contributed by atoms with Gasteiger partial charge < -0.3 is 10.6 Å². The van der Waals surface area contributed by atoms with Crippen molar-refractivity contribution in [1.29, 1.82) is 0 Å². The lowest BCUT2D eigenvalue weighted by atomic mass is 10.1. The molecule has 5 nitrogen and oxygen atoms in total. The van der Waals surface area contributed by atoms with Crippen molar-refractivity contribution in [3.05, 3.63) is 30.3 Å². The van der Waals surface area contributed by atoms with E-state index < -0.39 is 0 Å². The molecular weight excluding hydrogens is 296 g/mol. The van der Waals surface area contributed by atoms with E-state index in [9.17, 15) is 4.79 Å². The summed E-state index contributed by atoms with van der Waals surface area (Å²) in [5.74, 6) is 0.000677. The standard InChI is InChI=1S/C13H14N4OS.ClH/c18-12(10-7-4-8-14-10)15-13-11(16-17-19-13)9-5-2-1-3-6-9;/h1-3,5-6,10,14H,4,7-8H2,(H,15,18);1H/t10-;/m0./s1. The number of hydrogen-bond acceptors (Lipinski definition) is 5. The number of aromatic nitrogens is 2. The van der Waals surface area contributed by atoms with E-state index in [1.165, 1.54) is 11.5 Å². The van der Waals surface area contributed by atoms with Gasteiger partial charge in [0.2, 0.25) is 5.91 Å². The molecule has 1 aliphatic heterocycles. The summed E-state index contributed by atoms with van der Waals surface area (Å²) in [4.78, 5) is 12.1. The zero-order valence-electron chi connectivity index (χ0n) is 10.7. The van der Waals surface area contributed by atoms with Crippen LogP contribution in [0, 0.1) is 0 Å². The summed E-state index contributed by atoms with van der Waals surface area (Å²) < 4.78 is 3.93. The molecule has 1 saturated heterocycles. The molecule has 0 bridgehead atoms. The second-order valence-electron chi connectivity index (χ2n) is 4.45. The molecule has 0 radical (unpaired) electrons. The molecule has 1 aliphatic rings. The molecule has 1 amide bonds. The van der Waals surface area contributed by atoms with Crippen LogP contribution in [0.25, 0.3) is 11.3 Å². The second kappa shape index (κ2) is 6.78. The minimum Gasteiger partial charge on any atom is -0.313 e. The highest BCUT2D eigenvalue weighted by Crippen LogP contribution is 2.28. The van der Waals surface area contributed by atoms with Gasteiger partial charge in [-0.3, -0.25) is 4.79 Å². The highest BCUT2D eigenvalue weighted by Gasteiger charge is 2.23. The zero-order chi connectivity index (χ0) is 13.1. The maximum absolute atomic E-state index is 12.1. The van der Waals surface area contributed by atoms with Gasteiger partial charge >= 0.3 is 0 Å². The third-order valence-electron chi connectivity index (χ3n) is 3.15. The van der Waals surface area contributed by atoms with Gasteiger partial charge in [0.15, 0.2) is 0 Å². The zero-order valence-corrected chi connectivity index (χ0v) is 12.3. The molecule has 2 heterocycles. The van der Waals surface area contributed by atoms with Gasteiger partial charge in [0.1, 0.15) is 10.7 Å². The lowest BCUT2D eigenvalue weighted by molar-refractivity contribution is -0.117. The largest absolute Gasteiger partial charge is 0.313 e. The van der Waals surface area contributed by atoms with Crippen LogP contribution in [0.4, 0.5) is 5.00 Å². The van der Waals surface area contributed by atoms with E-state index in [0.717, 1.165) is 30.6 Å². The number of nitrogens with one attached hydrogen (secondary N) is 2. The molecule has 0 unspecified atom stereocenters. The van der Waals surface area contributed by atoms with Crippen molar-refractivity contribution in [2.45, 2.75) is 18.9 Å². The van der Waals surface area contributed by atoms with Crippen molar-refractivity contribution in [3.8, 4) is 11.3 Å². The molecule has 2 aromatic rings. The minimum atomic E-state index is -0.0919. The van der Waals surface area contributed by atoms with Gasteiger partial charge in [-0.15, -0.1) is 17.5 Å². The first kappa shape index (κ1) is 14.9. The van der Waals surface area contributed by atoms with E-state index in [1.54, 1.807) is 0 Å². The summed E-state index contributed by atoms with van der Waals surface area (Å²) in [5.41, 5.74) is 1.70. The Bertz CT molecular complexity index is 569. The second-order valence-corrected chi connectivity index (χ2v) is 5.21. The first-order valence-electron chi connectivity index (χ1n) is 6.26. The molecule has 1 fully saturated rings. The Morgan fingerprint density at radius 1 is 1.35 bits per heavy atom. The molecule has 0 saturated carbocycles. The van der Waals surface area contributed by atoms with Crippen LogP contribution in [-0.4, -0.2) is 28.1 Å². The number of carbonyl (C=O) groups excluding carboxylic acids is 1. The number of amides is 1. The number of nitrogens with zero attached hydrogens (tertiary/aromatic N) is 2. The van der Waals surface area contributed by atoms with Crippen LogP contribution in [0.15, 0.2) is 30.3 Å². The quantitative estimate of drug-likeness (QED) is 0.913. The Morgan fingerprint density at radius 2 is 2.15 bits per heavy atom. The lowest BCUT2D eigenvalue weighted by Crippen LogP contribution is -2.35. The van der Waals surface area contributed by atoms with Gasteiger partial charge in [-0.25, -0.2) is 0 Å². The molecule has 106 valence electrons. The Labute approximate surface area is 127 Å². The predicted octanol–water partition coefficient (Wildman–Crippen LogP) is 2.32. The lowest BCUT2D eigenvalue weighted by Gasteiger charge is -2.10. The van der Waals surface area contributed by atoms with Crippen LogP contribution >= 0.6 is 23.9 Å². The van der Waals surface area contributed by atoms with Crippen LogP contribution in [0.5, 0.6) is 0 Å². The summed E-state index contributed by atoms with van der Waals surface area (Å²) in [7, 11) is 0. The molecule has 20 heavy (non-hydrogen) atoms. The fourth-order valence-corrected chi connectivity index (χ4v) is 2.76. The van der Waals surface area contributed by atoms with Gasteiger partial charge in [0.25, 0.3) is 0 Å². The summed E-state index contributed by atoms with van der Waals surface area (Å²) in [6.07, 6.45) is 1.93. The van der Waals surface area contributed by atoms with Crippen molar-refractivity contribution in [2.75, 3.05) is 11.9 Å². The molecular formula is C13H15ClN4OS. The first-order valence-corrected chi connectivity index (χ1v) is 7.04. The molecule has 0 spiro atoms. The van der Waals surface area contributed by atoms with Crippen molar-refractivity contribution in [2.24, 2.45) is 0 Å². The van der Waals surface area contributed by atoms with Gasteiger partial charge in [0.05, 0.1) is 6.04 Å². The molecule has 1 aromatic carbocycles. The Hall–Kier alpha value is -1.50. The predicted molar refractivity (Wildman–Crippen MR) is 82.2 cm³/mol. The van der Waals surface area contributed by atoms with E-state index in [2.05, 4.69) is 20.2 Å². The monoisotopic (exact) mass is 310 g/mol. The summed E-state index contributed by atoms with van der Waals surface area (Å²) in [6.45, 7) is 0.907.